The van der Waals surface area contributed by atoms with Gasteiger partial charge in [-0.15, -0.1) is 0 Å². The van der Waals surface area contributed by atoms with Crippen LogP contribution < -0.4 is 16.2 Å². The maximum atomic E-state index is 14.4. The van der Waals surface area contributed by atoms with E-state index in [1.54, 1.807) is 35.8 Å². The smallest absolute Gasteiger partial charge is 0.269 e. The van der Waals surface area contributed by atoms with E-state index in [2.05, 4.69) is 15.0 Å². The van der Waals surface area contributed by atoms with Crippen molar-refractivity contribution in [2.24, 2.45) is 5.73 Å². The van der Waals surface area contributed by atoms with Crippen molar-refractivity contribution in [1.29, 1.82) is 0 Å². The van der Waals surface area contributed by atoms with Gasteiger partial charge in [0.05, 0.1) is 16.7 Å². The lowest BCUT2D eigenvalue weighted by Gasteiger charge is -2.36. The number of aryl methyl sites for hydroxylation is 2. The summed E-state index contributed by atoms with van der Waals surface area (Å²) in [6, 6.07) is 6.24. The standard InChI is InChI=1S/C21H23FN6O2/c1-12-14(3-4-15-18(12)26-21(30)13(2)24-15)11-27-7-9-28(10-8-27)17-6-5-16(20(23)29)25-19(17)22/h3-6H,7-11H2,1-2H3,(H2,23,29)(H,26,30)/i11D2. The number of aromatic amines is 1. The van der Waals surface area contributed by atoms with Gasteiger partial charge in [-0.3, -0.25) is 14.5 Å². The number of nitrogens with one attached hydrogen (secondary N) is 1. The third-order valence-electron chi connectivity index (χ3n) is 5.28. The molecule has 0 radical (unpaired) electrons. The third kappa shape index (κ3) is 3.76. The molecule has 8 nitrogen and oxygen atoms in total. The van der Waals surface area contributed by atoms with E-state index >= 15 is 0 Å². The van der Waals surface area contributed by atoms with Crippen molar-refractivity contribution in [1.82, 2.24) is 19.9 Å². The molecule has 9 heteroatoms. The molecule has 0 aliphatic carbocycles. The lowest BCUT2D eigenvalue weighted by atomic mass is 10.1. The molecule has 1 amide bonds. The summed E-state index contributed by atoms with van der Waals surface area (Å²) in [5.41, 5.74) is 7.48. The Balaban J connectivity index is 1.57. The molecule has 1 saturated heterocycles. The first-order valence-electron chi connectivity index (χ1n) is 10.6. The second-order valence-corrected chi connectivity index (χ2v) is 7.24. The highest BCUT2D eigenvalue weighted by atomic mass is 19.1. The number of hydrogen-bond donors (Lipinski definition) is 2. The zero-order chi connectivity index (χ0) is 23.2. The third-order valence-corrected chi connectivity index (χ3v) is 5.28. The molecule has 3 aromatic rings. The molecule has 3 heterocycles. The molecule has 2 aromatic heterocycles. The Morgan fingerprint density at radius 2 is 1.93 bits per heavy atom. The monoisotopic (exact) mass is 412 g/mol. The Morgan fingerprint density at radius 1 is 1.20 bits per heavy atom. The topological polar surface area (TPSA) is 108 Å². The molecular weight excluding hydrogens is 387 g/mol. The number of carbonyl (C=O) groups is 1. The SMILES string of the molecule is [2H]C([2H])(c1ccc2nc(C)c(=O)[nH]c2c1C)N1CCN(c2ccc(C(N)=O)nc2F)CC1. The summed E-state index contributed by atoms with van der Waals surface area (Å²) in [6.07, 6.45) is 0. The average molecular weight is 412 g/mol. The van der Waals surface area contributed by atoms with Crippen LogP contribution in [0.1, 0.15) is 30.1 Å². The molecule has 0 atom stereocenters. The van der Waals surface area contributed by atoms with E-state index in [-0.39, 0.29) is 16.9 Å². The highest BCUT2D eigenvalue weighted by molar-refractivity contribution is 5.91. The number of anilines is 1. The number of aromatic nitrogens is 3. The normalized spacial score (nSPS) is 16.4. The number of amides is 1. The number of pyridine rings is 1. The Labute approximate surface area is 175 Å². The predicted octanol–water partition coefficient (Wildman–Crippen LogP) is 1.50. The fraction of sp³-hybridized carbons (Fsp3) is 0.333. The summed E-state index contributed by atoms with van der Waals surface area (Å²) < 4.78 is 31.9. The van der Waals surface area contributed by atoms with Gasteiger partial charge in [0, 0.05) is 35.4 Å². The van der Waals surface area contributed by atoms with E-state index in [4.69, 9.17) is 8.48 Å². The van der Waals surface area contributed by atoms with E-state index in [1.165, 1.54) is 12.1 Å². The predicted molar refractivity (Wildman–Crippen MR) is 112 cm³/mol. The van der Waals surface area contributed by atoms with Crippen LogP contribution in [0.25, 0.3) is 11.0 Å². The summed E-state index contributed by atoms with van der Waals surface area (Å²) >= 11 is 0. The number of halogens is 1. The Bertz CT molecular complexity index is 1270. The van der Waals surface area contributed by atoms with Gasteiger partial charge in [-0.1, -0.05) is 6.07 Å². The van der Waals surface area contributed by atoms with Crippen molar-refractivity contribution in [2.45, 2.75) is 20.3 Å². The molecule has 1 fully saturated rings. The maximum absolute atomic E-state index is 14.4. The van der Waals surface area contributed by atoms with Gasteiger partial charge in [-0.2, -0.15) is 4.39 Å². The quantitative estimate of drug-likeness (QED) is 0.629. The molecule has 0 bridgehead atoms. The van der Waals surface area contributed by atoms with E-state index in [0.717, 1.165) is 0 Å². The number of H-pyrrole nitrogens is 1. The first-order valence-corrected chi connectivity index (χ1v) is 9.56. The summed E-state index contributed by atoms with van der Waals surface area (Å²) in [4.78, 5) is 37.3. The van der Waals surface area contributed by atoms with Gasteiger partial charge < -0.3 is 15.6 Å². The number of fused-ring (bicyclic) bond motifs is 1. The summed E-state index contributed by atoms with van der Waals surface area (Å²) in [5, 5.41) is 0. The van der Waals surface area contributed by atoms with Gasteiger partial charge in [0.25, 0.3) is 11.5 Å². The number of carbonyl (C=O) groups excluding carboxylic acids is 1. The van der Waals surface area contributed by atoms with Crippen molar-refractivity contribution in [3.05, 3.63) is 63.1 Å². The van der Waals surface area contributed by atoms with Crippen LogP contribution in [-0.4, -0.2) is 51.9 Å². The van der Waals surface area contributed by atoms with Crippen LogP contribution in [0.15, 0.2) is 29.1 Å². The molecule has 3 N–H and O–H groups in total. The first-order chi connectivity index (χ1) is 15.1. The number of rotatable bonds is 4. The van der Waals surface area contributed by atoms with Gasteiger partial charge in [0.15, 0.2) is 0 Å². The van der Waals surface area contributed by atoms with Crippen molar-refractivity contribution in [3.8, 4) is 0 Å². The fourth-order valence-electron chi connectivity index (χ4n) is 3.53. The highest BCUT2D eigenvalue weighted by Gasteiger charge is 2.21. The zero-order valence-electron chi connectivity index (χ0n) is 18.7. The summed E-state index contributed by atoms with van der Waals surface area (Å²) in [7, 11) is 0. The number of piperazine rings is 1. The van der Waals surface area contributed by atoms with Crippen LogP contribution in [-0.2, 0) is 6.50 Å². The second kappa shape index (κ2) is 7.83. The number of primary amides is 1. The molecule has 4 rings (SSSR count). The number of hydrogen-bond acceptors (Lipinski definition) is 6. The number of nitrogens with zero attached hydrogens (tertiary/aromatic N) is 4. The van der Waals surface area contributed by atoms with Crippen LogP contribution in [0.5, 0.6) is 0 Å². The van der Waals surface area contributed by atoms with E-state index in [0.29, 0.717) is 54.0 Å². The van der Waals surface area contributed by atoms with Crippen molar-refractivity contribution in [3.63, 3.8) is 0 Å². The molecule has 0 saturated carbocycles. The van der Waals surface area contributed by atoms with Crippen LogP contribution >= 0.6 is 0 Å². The highest BCUT2D eigenvalue weighted by Crippen LogP contribution is 2.23. The number of benzene rings is 1. The zero-order valence-corrected chi connectivity index (χ0v) is 16.7. The molecule has 156 valence electrons. The lowest BCUT2D eigenvalue weighted by Crippen LogP contribution is -2.46. The molecule has 1 aliphatic heterocycles. The van der Waals surface area contributed by atoms with E-state index in [1.807, 2.05) is 0 Å². The Hall–Kier alpha value is -3.33. The summed E-state index contributed by atoms with van der Waals surface area (Å²) in [6.45, 7) is 3.00. The van der Waals surface area contributed by atoms with Crippen molar-refractivity contribution in [2.75, 3.05) is 31.1 Å². The van der Waals surface area contributed by atoms with Crippen molar-refractivity contribution < 1.29 is 11.9 Å². The van der Waals surface area contributed by atoms with Crippen LogP contribution in [0, 0.1) is 19.8 Å². The van der Waals surface area contributed by atoms with Gasteiger partial charge in [-0.25, -0.2) is 9.97 Å². The molecule has 1 aliphatic rings. The molecule has 1 aromatic carbocycles. The second-order valence-electron chi connectivity index (χ2n) is 7.24. The largest absolute Gasteiger partial charge is 0.365 e. The maximum Gasteiger partial charge on any atom is 0.269 e. The fourth-order valence-corrected chi connectivity index (χ4v) is 3.53. The summed E-state index contributed by atoms with van der Waals surface area (Å²) in [5.74, 6) is -1.58. The molecule has 30 heavy (non-hydrogen) atoms. The van der Waals surface area contributed by atoms with E-state index < -0.39 is 18.4 Å². The Kier molecular flexibility index (Phi) is 4.57. The van der Waals surface area contributed by atoms with Crippen LogP contribution in [0.2, 0.25) is 0 Å². The molecule has 0 spiro atoms. The lowest BCUT2D eigenvalue weighted by molar-refractivity contribution is 0.0994. The van der Waals surface area contributed by atoms with Gasteiger partial charge >= 0.3 is 0 Å². The van der Waals surface area contributed by atoms with Gasteiger partial charge in [-0.05, 0) is 43.2 Å². The molecule has 0 unspecified atom stereocenters. The van der Waals surface area contributed by atoms with E-state index in [9.17, 15) is 14.0 Å². The van der Waals surface area contributed by atoms with Crippen LogP contribution in [0.4, 0.5) is 10.1 Å². The minimum absolute atomic E-state index is 0.143. The van der Waals surface area contributed by atoms with Gasteiger partial charge in [0.1, 0.15) is 11.4 Å². The average Bonchev–Trinajstić information content (AvgIpc) is 2.75. The minimum atomic E-state index is -1.81. The van der Waals surface area contributed by atoms with Crippen molar-refractivity contribution >= 4 is 22.6 Å². The number of nitrogens with two attached hydrogens (primary N) is 1. The molecular formula is C21H23FN6O2. The Morgan fingerprint density at radius 3 is 2.60 bits per heavy atom. The minimum Gasteiger partial charge on any atom is -0.365 e. The van der Waals surface area contributed by atoms with Crippen LogP contribution in [0.3, 0.4) is 0 Å². The van der Waals surface area contributed by atoms with Gasteiger partial charge in [0.2, 0.25) is 5.95 Å². The first kappa shape index (κ1) is 17.5.